The monoisotopic (exact) mass is 530 g/mol. The number of benzene rings is 2. The number of halogens is 3. The summed E-state index contributed by atoms with van der Waals surface area (Å²) in [4.78, 5) is 39.5. The van der Waals surface area contributed by atoms with Crippen LogP contribution in [0.1, 0.15) is 41.6 Å². The molecule has 3 N–H and O–H groups in total. The summed E-state index contributed by atoms with van der Waals surface area (Å²) in [6.45, 7) is 3.42. The van der Waals surface area contributed by atoms with E-state index < -0.39 is 17.6 Å². The van der Waals surface area contributed by atoms with E-state index >= 15 is 0 Å². The highest BCUT2D eigenvalue weighted by Gasteiger charge is 2.44. The molecular formula is C27H29F3N4O4. The van der Waals surface area contributed by atoms with Gasteiger partial charge in [-0.05, 0) is 56.0 Å². The quantitative estimate of drug-likeness (QED) is 0.433. The molecular weight excluding hydrogens is 501 g/mol. The molecule has 0 saturated carbocycles. The maximum Gasteiger partial charge on any atom is 0.416 e. The van der Waals surface area contributed by atoms with Crippen LogP contribution < -0.4 is 16.0 Å². The Hall–Kier alpha value is -4.02. The van der Waals surface area contributed by atoms with Gasteiger partial charge in [0.2, 0.25) is 5.91 Å². The highest BCUT2D eigenvalue weighted by Crippen LogP contribution is 2.36. The molecule has 2 aromatic rings. The summed E-state index contributed by atoms with van der Waals surface area (Å²) in [7, 11) is 0. The molecule has 8 nitrogen and oxygen atoms in total. The summed E-state index contributed by atoms with van der Waals surface area (Å²) in [5, 5.41) is 8.36. The lowest BCUT2D eigenvalue weighted by Crippen LogP contribution is -2.53. The van der Waals surface area contributed by atoms with Crippen molar-refractivity contribution in [3.8, 4) is 0 Å². The van der Waals surface area contributed by atoms with Crippen molar-refractivity contribution < 1.29 is 32.3 Å². The molecule has 2 fully saturated rings. The number of alkyl halides is 3. The fraction of sp³-hybridized carbons (Fsp3) is 0.370. The van der Waals surface area contributed by atoms with Crippen LogP contribution in [0.5, 0.6) is 0 Å². The summed E-state index contributed by atoms with van der Waals surface area (Å²) < 4.78 is 44.3. The third-order valence-electron chi connectivity index (χ3n) is 6.68. The van der Waals surface area contributed by atoms with Crippen LogP contribution in [0.4, 0.5) is 29.3 Å². The normalized spacial score (nSPS) is 20.4. The molecule has 38 heavy (non-hydrogen) atoms. The molecule has 0 unspecified atom stereocenters. The van der Waals surface area contributed by atoms with Crippen LogP contribution in [-0.4, -0.2) is 54.1 Å². The number of anilines is 2. The smallest absolute Gasteiger partial charge is 0.416 e. The van der Waals surface area contributed by atoms with Crippen molar-refractivity contribution in [1.29, 1.82) is 0 Å². The molecule has 2 aliphatic heterocycles. The van der Waals surface area contributed by atoms with Crippen LogP contribution in [0, 0.1) is 0 Å². The highest BCUT2D eigenvalue weighted by molar-refractivity contribution is 6.01. The van der Waals surface area contributed by atoms with Crippen molar-refractivity contribution in [3.05, 3.63) is 72.3 Å². The minimum absolute atomic E-state index is 0.0141. The Kier molecular flexibility index (Phi) is 8.23. The summed E-state index contributed by atoms with van der Waals surface area (Å²) in [5.41, 5.74) is -0.152. The first-order valence-electron chi connectivity index (χ1n) is 12.3. The van der Waals surface area contributed by atoms with Gasteiger partial charge in [-0.1, -0.05) is 30.9 Å². The predicted octanol–water partition coefficient (Wildman–Crippen LogP) is 4.61. The number of ether oxygens (including phenoxy) is 1. The molecule has 2 heterocycles. The molecule has 2 aromatic carbocycles. The van der Waals surface area contributed by atoms with E-state index in [4.69, 9.17) is 4.74 Å². The number of carbonyl (C=O) groups is 3. The van der Waals surface area contributed by atoms with E-state index in [9.17, 15) is 27.6 Å². The van der Waals surface area contributed by atoms with Gasteiger partial charge in [0.25, 0.3) is 5.91 Å². The van der Waals surface area contributed by atoms with Crippen LogP contribution in [0.2, 0.25) is 0 Å². The molecule has 0 aliphatic carbocycles. The van der Waals surface area contributed by atoms with E-state index in [-0.39, 0.29) is 54.5 Å². The van der Waals surface area contributed by atoms with Crippen molar-refractivity contribution in [2.45, 2.75) is 50.0 Å². The molecule has 2 bridgehead atoms. The maximum atomic E-state index is 13.0. The summed E-state index contributed by atoms with van der Waals surface area (Å²) in [6, 6.07) is 10.9. The number of para-hydroxylation sites is 1. The van der Waals surface area contributed by atoms with Crippen LogP contribution in [0.15, 0.2) is 61.2 Å². The zero-order chi connectivity index (χ0) is 27.3. The van der Waals surface area contributed by atoms with Gasteiger partial charge < -0.3 is 25.6 Å². The number of amides is 3. The summed E-state index contributed by atoms with van der Waals surface area (Å²) >= 11 is 0. The van der Waals surface area contributed by atoms with Crippen molar-refractivity contribution in [2.24, 2.45) is 0 Å². The van der Waals surface area contributed by atoms with Gasteiger partial charge in [-0.3, -0.25) is 9.59 Å². The second-order valence-electron chi connectivity index (χ2n) is 9.33. The lowest BCUT2D eigenvalue weighted by molar-refractivity contribution is -0.137. The lowest BCUT2D eigenvalue weighted by atomic mass is 9.97. The minimum Gasteiger partial charge on any atom is -0.445 e. The van der Waals surface area contributed by atoms with Crippen molar-refractivity contribution in [1.82, 2.24) is 15.5 Å². The molecule has 202 valence electrons. The number of carbonyl (C=O) groups excluding carboxylic acids is 3. The predicted molar refractivity (Wildman–Crippen MR) is 135 cm³/mol. The van der Waals surface area contributed by atoms with Crippen LogP contribution in [0.3, 0.4) is 0 Å². The zero-order valence-corrected chi connectivity index (χ0v) is 20.6. The average molecular weight is 531 g/mol. The Labute approximate surface area is 218 Å². The molecule has 3 atom stereocenters. The SMILES string of the molecule is C=CCOC(=O)N1[C@@H]2CC[C@H]1C[C@H](NC(=O)CNC(=O)c1ccccc1Nc1cccc(C(F)(F)F)c1)C2. The van der Waals surface area contributed by atoms with Gasteiger partial charge in [0, 0.05) is 23.8 Å². The van der Waals surface area contributed by atoms with E-state index in [2.05, 4.69) is 22.5 Å². The standard InChI is InChI=1S/C27H29F3N4O4/c1-2-12-38-26(37)34-20-10-11-21(34)15-19(14-20)33-24(35)16-31-25(36)22-8-3-4-9-23(22)32-18-7-5-6-17(13-18)27(28,29)30/h2-9,13,19-21,32H,1,10-12,14-16H2,(H,31,36)(H,33,35)/t19-,20-,21+. The highest BCUT2D eigenvalue weighted by atomic mass is 19.4. The lowest BCUT2D eigenvalue weighted by Gasteiger charge is -2.38. The van der Waals surface area contributed by atoms with Gasteiger partial charge in [-0.2, -0.15) is 13.2 Å². The minimum atomic E-state index is -4.49. The number of nitrogens with one attached hydrogen (secondary N) is 3. The fourth-order valence-electron chi connectivity index (χ4n) is 5.05. The maximum absolute atomic E-state index is 13.0. The number of hydrogen-bond acceptors (Lipinski definition) is 5. The van der Waals surface area contributed by atoms with E-state index in [0.29, 0.717) is 18.5 Å². The first kappa shape index (κ1) is 27.0. The number of rotatable bonds is 8. The third-order valence-corrected chi connectivity index (χ3v) is 6.68. The Bertz CT molecular complexity index is 1190. The van der Waals surface area contributed by atoms with Crippen molar-refractivity contribution >= 4 is 29.3 Å². The molecule has 4 rings (SSSR count). The average Bonchev–Trinajstić information content (AvgIpc) is 3.16. The van der Waals surface area contributed by atoms with Crippen LogP contribution in [-0.2, 0) is 15.7 Å². The number of fused-ring (bicyclic) bond motifs is 2. The Morgan fingerprint density at radius 2 is 1.76 bits per heavy atom. The summed E-state index contributed by atoms with van der Waals surface area (Å²) in [5.74, 6) is -0.913. The first-order chi connectivity index (χ1) is 18.2. The Balaban J connectivity index is 1.31. The van der Waals surface area contributed by atoms with Crippen LogP contribution in [0.25, 0.3) is 0 Å². The largest absolute Gasteiger partial charge is 0.445 e. The van der Waals surface area contributed by atoms with Crippen molar-refractivity contribution in [2.75, 3.05) is 18.5 Å². The molecule has 0 spiro atoms. The third kappa shape index (κ3) is 6.45. The molecule has 0 aromatic heterocycles. The summed E-state index contributed by atoms with van der Waals surface area (Å²) in [6.07, 6.45) is -0.467. The van der Waals surface area contributed by atoms with Crippen molar-refractivity contribution in [3.63, 3.8) is 0 Å². The van der Waals surface area contributed by atoms with Gasteiger partial charge in [0.05, 0.1) is 23.4 Å². The second kappa shape index (κ2) is 11.6. The van der Waals surface area contributed by atoms with E-state index in [1.54, 1.807) is 23.1 Å². The zero-order valence-electron chi connectivity index (χ0n) is 20.6. The number of nitrogens with zero attached hydrogens (tertiary/aromatic N) is 1. The molecule has 3 amide bonds. The first-order valence-corrected chi connectivity index (χ1v) is 12.3. The van der Waals surface area contributed by atoms with Gasteiger partial charge in [-0.15, -0.1) is 0 Å². The Morgan fingerprint density at radius 1 is 1.05 bits per heavy atom. The molecule has 2 saturated heterocycles. The van der Waals surface area contributed by atoms with Crippen LogP contribution >= 0.6 is 0 Å². The Morgan fingerprint density at radius 3 is 2.45 bits per heavy atom. The molecule has 0 radical (unpaired) electrons. The second-order valence-corrected chi connectivity index (χ2v) is 9.33. The molecule has 11 heteroatoms. The van der Waals surface area contributed by atoms with E-state index in [1.165, 1.54) is 24.3 Å². The van der Waals surface area contributed by atoms with Gasteiger partial charge in [0.1, 0.15) is 6.61 Å². The van der Waals surface area contributed by atoms with Gasteiger partial charge in [-0.25, -0.2) is 4.79 Å². The fourth-order valence-corrected chi connectivity index (χ4v) is 5.05. The van der Waals surface area contributed by atoms with Gasteiger partial charge in [0.15, 0.2) is 0 Å². The number of hydrogen-bond donors (Lipinski definition) is 3. The van der Waals surface area contributed by atoms with Gasteiger partial charge >= 0.3 is 12.3 Å². The topological polar surface area (TPSA) is 99.8 Å². The molecule has 2 aliphatic rings. The van der Waals surface area contributed by atoms with E-state index in [1.807, 2.05) is 0 Å². The number of piperidine rings is 1. The van der Waals surface area contributed by atoms with E-state index in [0.717, 1.165) is 25.0 Å².